The van der Waals surface area contributed by atoms with E-state index in [1.54, 1.807) is 0 Å². The molecule has 1 rings (SSSR count). The van der Waals surface area contributed by atoms with Crippen molar-refractivity contribution in [1.82, 2.24) is 10.2 Å². The van der Waals surface area contributed by atoms with E-state index in [0.717, 1.165) is 13.1 Å². The van der Waals surface area contributed by atoms with Gasteiger partial charge in [0.05, 0.1) is 6.54 Å². The van der Waals surface area contributed by atoms with Gasteiger partial charge in [0, 0.05) is 13.1 Å². The Morgan fingerprint density at radius 3 is 3.08 bits per heavy atom. The summed E-state index contributed by atoms with van der Waals surface area (Å²) in [5.41, 5.74) is 5.19. The van der Waals surface area contributed by atoms with Crippen LogP contribution in [-0.2, 0) is 4.79 Å². The second kappa shape index (κ2) is 5.19. The molecule has 4 heteroatoms. The fraction of sp³-hybridized carbons (Fsp3) is 0.889. The van der Waals surface area contributed by atoms with Crippen LogP contribution in [0.1, 0.15) is 12.8 Å². The Morgan fingerprint density at radius 1 is 1.69 bits per heavy atom. The first kappa shape index (κ1) is 10.5. The second-order valence-corrected chi connectivity index (χ2v) is 3.78. The number of rotatable bonds is 3. The largest absolute Gasteiger partial charge is 0.355 e. The molecule has 1 fully saturated rings. The predicted octanol–water partition coefficient (Wildman–Crippen LogP) is -0.597. The molecule has 1 amide bonds. The zero-order chi connectivity index (χ0) is 9.68. The number of nitrogens with one attached hydrogen (secondary N) is 1. The van der Waals surface area contributed by atoms with Gasteiger partial charge >= 0.3 is 0 Å². The molecule has 0 spiro atoms. The van der Waals surface area contributed by atoms with Crippen LogP contribution in [0.4, 0.5) is 0 Å². The Labute approximate surface area is 79.5 Å². The van der Waals surface area contributed by atoms with Crippen molar-refractivity contribution in [2.24, 2.45) is 11.7 Å². The number of hydrogen-bond donors (Lipinski definition) is 2. The van der Waals surface area contributed by atoms with Gasteiger partial charge in [0.2, 0.25) is 5.91 Å². The number of hydrogen-bond acceptors (Lipinski definition) is 3. The maximum atomic E-state index is 10.9. The van der Waals surface area contributed by atoms with Gasteiger partial charge in [-0.2, -0.15) is 0 Å². The van der Waals surface area contributed by atoms with Crippen molar-refractivity contribution in [1.29, 1.82) is 0 Å². The van der Waals surface area contributed by atoms with E-state index in [-0.39, 0.29) is 12.5 Å². The molecule has 1 aliphatic heterocycles. The van der Waals surface area contributed by atoms with E-state index in [1.165, 1.54) is 19.4 Å². The maximum absolute atomic E-state index is 10.9. The molecule has 3 N–H and O–H groups in total. The van der Waals surface area contributed by atoms with Crippen molar-refractivity contribution in [2.45, 2.75) is 12.8 Å². The number of carbonyl (C=O) groups is 1. The molecule has 4 nitrogen and oxygen atoms in total. The summed E-state index contributed by atoms with van der Waals surface area (Å²) in [4.78, 5) is 13.2. The molecule has 13 heavy (non-hydrogen) atoms. The SMILES string of the molecule is CN1CCC[C@@H](CNC(=O)CN)C1. The molecule has 1 heterocycles. The van der Waals surface area contributed by atoms with Gasteiger partial charge in [-0.05, 0) is 32.4 Å². The highest BCUT2D eigenvalue weighted by Gasteiger charge is 2.16. The molecule has 1 aliphatic rings. The van der Waals surface area contributed by atoms with Crippen LogP contribution in [0.15, 0.2) is 0 Å². The molecule has 1 atom stereocenters. The van der Waals surface area contributed by atoms with Gasteiger partial charge in [0.15, 0.2) is 0 Å². The van der Waals surface area contributed by atoms with E-state index >= 15 is 0 Å². The van der Waals surface area contributed by atoms with Crippen LogP contribution in [0, 0.1) is 5.92 Å². The van der Waals surface area contributed by atoms with Gasteiger partial charge in [0.25, 0.3) is 0 Å². The molecular formula is C9H19N3O. The third-order valence-electron chi connectivity index (χ3n) is 2.50. The maximum Gasteiger partial charge on any atom is 0.233 e. The third-order valence-corrected chi connectivity index (χ3v) is 2.50. The normalized spacial score (nSPS) is 24.3. The Balaban J connectivity index is 2.17. The molecular weight excluding hydrogens is 166 g/mol. The van der Waals surface area contributed by atoms with Crippen molar-refractivity contribution in [2.75, 3.05) is 33.2 Å². The summed E-state index contributed by atoms with van der Waals surface area (Å²) in [7, 11) is 2.12. The Hall–Kier alpha value is -0.610. The van der Waals surface area contributed by atoms with Crippen LogP contribution in [0.25, 0.3) is 0 Å². The van der Waals surface area contributed by atoms with E-state index in [4.69, 9.17) is 5.73 Å². The minimum atomic E-state index is -0.0479. The summed E-state index contributed by atoms with van der Waals surface area (Å²) < 4.78 is 0. The summed E-state index contributed by atoms with van der Waals surface area (Å²) in [5.74, 6) is 0.558. The van der Waals surface area contributed by atoms with Crippen molar-refractivity contribution in [3.05, 3.63) is 0 Å². The lowest BCUT2D eigenvalue weighted by atomic mass is 9.98. The topological polar surface area (TPSA) is 58.4 Å². The van der Waals surface area contributed by atoms with E-state index in [1.807, 2.05) is 0 Å². The molecule has 0 bridgehead atoms. The highest BCUT2D eigenvalue weighted by molar-refractivity contribution is 5.77. The van der Waals surface area contributed by atoms with Crippen LogP contribution in [0.3, 0.4) is 0 Å². The van der Waals surface area contributed by atoms with E-state index < -0.39 is 0 Å². The lowest BCUT2D eigenvalue weighted by Gasteiger charge is -2.29. The van der Waals surface area contributed by atoms with Crippen LogP contribution in [0.5, 0.6) is 0 Å². The first-order chi connectivity index (χ1) is 6.22. The summed E-state index contributed by atoms with van der Waals surface area (Å²) in [5, 5.41) is 2.83. The Kier molecular flexibility index (Phi) is 4.18. The molecule has 0 saturated carbocycles. The van der Waals surface area contributed by atoms with E-state index in [9.17, 15) is 4.79 Å². The average Bonchev–Trinajstić information content (AvgIpc) is 2.14. The molecule has 0 aromatic rings. The van der Waals surface area contributed by atoms with Crippen LogP contribution >= 0.6 is 0 Å². The first-order valence-electron chi connectivity index (χ1n) is 4.87. The number of amides is 1. The average molecular weight is 185 g/mol. The number of nitrogens with zero attached hydrogens (tertiary/aromatic N) is 1. The van der Waals surface area contributed by atoms with Crippen molar-refractivity contribution in [3.63, 3.8) is 0 Å². The highest BCUT2D eigenvalue weighted by Crippen LogP contribution is 2.13. The van der Waals surface area contributed by atoms with Gasteiger partial charge < -0.3 is 16.0 Å². The predicted molar refractivity (Wildman–Crippen MR) is 52.3 cm³/mol. The van der Waals surface area contributed by atoms with E-state index in [2.05, 4.69) is 17.3 Å². The van der Waals surface area contributed by atoms with Crippen molar-refractivity contribution < 1.29 is 4.79 Å². The lowest BCUT2D eigenvalue weighted by Crippen LogP contribution is -2.40. The summed E-state index contributed by atoms with van der Waals surface area (Å²) >= 11 is 0. The van der Waals surface area contributed by atoms with Gasteiger partial charge in [-0.15, -0.1) is 0 Å². The fourth-order valence-corrected chi connectivity index (χ4v) is 1.77. The summed E-state index contributed by atoms with van der Waals surface area (Å²) in [6.07, 6.45) is 2.45. The molecule has 0 aliphatic carbocycles. The number of piperidine rings is 1. The van der Waals surface area contributed by atoms with Gasteiger partial charge in [-0.25, -0.2) is 0 Å². The van der Waals surface area contributed by atoms with Crippen molar-refractivity contribution >= 4 is 5.91 Å². The van der Waals surface area contributed by atoms with Crippen LogP contribution < -0.4 is 11.1 Å². The quantitative estimate of drug-likeness (QED) is 0.617. The standard InChI is InChI=1S/C9H19N3O/c1-12-4-2-3-8(7-12)6-11-9(13)5-10/h8H,2-7,10H2,1H3,(H,11,13)/t8-/m0/s1. The lowest BCUT2D eigenvalue weighted by molar-refractivity contribution is -0.120. The number of carbonyl (C=O) groups excluding carboxylic acids is 1. The van der Waals surface area contributed by atoms with Gasteiger partial charge in [-0.1, -0.05) is 0 Å². The molecule has 0 aromatic carbocycles. The molecule has 0 radical (unpaired) electrons. The minimum Gasteiger partial charge on any atom is -0.355 e. The monoisotopic (exact) mass is 185 g/mol. The second-order valence-electron chi connectivity index (χ2n) is 3.78. The zero-order valence-electron chi connectivity index (χ0n) is 8.25. The molecule has 76 valence electrons. The minimum absolute atomic E-state index is 0.0479. The molecule has 0 unspecified atom stereocenters. The van der Waals surface area contributed by atoms with Gasteiger partial charge in [0.1, 0.15) is 0 Å². The van der Waals surface area contributed by atoms with Crippen LogP contribution in [0.2, 0.25) is 0 Å². The first-order valence-corrected chi connectivity index (χ1v) is 4.87. The Morgan fingerprint density at radius 2 is 2.46 bits per heavy atom. The van der Waals surface area contributed by atoms with Crippen molar-refractivity contribution in [3.8, 4) is 0 Å². The van der Waals surface area contributed by atoms with Gasteiger partial charge in [-0.3, -0.25) is 4.79 Å². The highest BCUT2D eigenvalue weighted by atomic mass is 16.1. The molecule has 0 aromatic heterocycles. The number of likely N-dealkylation sites (tertiary alicyclic amines) is 1. The fourth-order valence-electron chi connectivity index (χ4n) is 1.77. The van der Waals surface area contributed by atoms with Crippen LogP contribution in [-0.4, -0.2) is 44.0 Å². The third kappa shape index (κ3) is 3.74. The summed E-state index contributed by atoms with van der Waals surface area (Å²) in [6, 6.07) is 0. The molecule has 1 saturated heterocycles. The summed E-state index contributed by atoms with van der Waals surface area (Å²) in [6.45, 7) is 3.15. The zero-order valence-corrected chi connectivity index (χ0v) is 8.25. The Bertz CT molecular complexity index is 172. The smallest absolute Gasteiger partial charge is 0.233 e. The van der Waals surface area contributed by atoms with E-state index in [0.29, 0.717) is 5.92 Å². The number of nitrogens with two attached hydrogens (primary N) is 1.